The van der Waals surface area contributed by atoms with E-state index in [9.17, 15) is 25.9 Å². The number of hydrogen-bond acceptors (Lipinski definition) is 6. The molecule has 0 radical (unpaired) electrons. The van der Waals surface area contributed by atoms with Gasteiger partial charge in [0, 0.05) is 11.9 Å². The molecule has 0 aliphatic rings. The van der Waals surface area contributed by atoms with Crippen molar-refractivity contribution in [3.8, 4) is 0 Å². The average Bonchev–Trinajstić information content (AvgIpc) is 2.66. The van der Waals surface area contributed by atoms with Gasteiger partial charge in [0.1, 0.15) is 15.6 Å². The average molecular weight is 432 g/mol. The Hall–Kier alpha value is -3.05. The van der Waals surface area contributed by atoms with Gasteiger partial charge in [-0.3, -0.25) is 9.11 Å². The van der Waals surface area contributed by atoms with Gasteiger partial charge >= 0.3 is 0 Å². The van der Waals surface area contributed by atoms with E-state index in [0.717, 1.165) is 0 Å². The van der Waals surface area contributed by atoms with Gasteiger partial charge in [-0.2, -0.15) is 16.8 Å². The summed E-state index contributed by atoms with van der Waals surface area (Å²) in [4.78, 5) is 2.27. The molecule has 1 aromatic heterocycles. The normalized spacial score (nSPS) is 12.9. The molecule has 0 spiro atoms. The quantitative estimate of drug-likeness (QED) is 0.398. The topological polar surface area (TPSA) is 134 Å². The molecule has 150 valence electrons. The van der Waals surface area contributed by atoms with Crippen molar-refractivity contribution in [1.82, 2.24) is 4.98 Å². The number of pyridine rings is 1. The molecule has 10 heteroatoms. The van der Waals surface area contributed by atoms with Crippen molar-refractivity contribution >= 4 is 41.6 Å². The first-order chi connectivity index (χ1) is 13.7. The SMILES string of the molecule is O=S(=O)(O)/C(=C(\c1ccc(Nc2ccccn2)cc1)S(=O)(=O)O)c1ccccc1. The van der Waals surface area contributed by atoms with E-state index in [1.165, 1.54) is 48.5 Å². The number of rotatable bonds is 6. The maximum Gasteiger partial charge on any atom is 0.296 e. The summed E-state index contributed by atoms with van der Waals surface area (Å²) in [5.74, 6) is 0.550. The van der Waals surface area contributed by atoms with Gasteiger partial charge in [0.25, 0.3) is 20.2 Å². The molecule has 0 unspecified atom stereocenters. The smallest absolute Gasteiger partial charge is 0.296 e. The van der Waals surface area contributed by atoms with Crippen LogP contribution in [0.3, 0.4) is 0 Å². The van der Waals surface area contributed by atoms with Gasteiger partial charge in [0.2, 0.25) is 0 Å². The Morgan fingerprint density at radius 2 is 1.21 bits per heavy atom. The molecule has 8 nitrogen and oxygen atoms in total. The van der Waals surface area contributed by atoms with Gasteiger partial charge in [0.05, 0.1) is 0 Å². The van der Waals surface area contributed by atoms with Crippen LogP contribution in [-0.4, -0.2) is 30.9 Å². The highest BCUT2D eigenvalue weighted by Gasteiger charge is 2.30. The van der Waals surface area contributed by atoms with Crippen LogP contribution in [0, 0.1) is 0 Å². The van der Waals surface area contributed by atoms with Gasteiger partial charge in [-0.25, -0.2) is 4.98 Å². The largest absolute Gasteiger partial charge is 0.340 e. The van der Waals surface area contributed by atoms with Crippen molar-refractivity contribution in [1.29, 1.82) is 0 Å². The van der Waals surface area contributed by atoms with Gasteiger partial charge < -0.3 is 5.32 Å². The highest BCUT2D eigenvalue weighted by atomic mass is 32.2. The van der Waals surface area contributed by atoms with Crippen LogP contribution >= 0.6 is 0 Å². The van der Waals surface area contributed by atoms with E-state index in [2.05, 4.69) is 10.3 Å². The Labute approximate surface area is 168 Å². The Kier molecular flexibility index (Phi) is 5.80. The molecule has 1 heterocycles. The van der Waals surface area contributed by atoms with Gasteiger partial charge in [-0.15, -0.1) is 0 Å². The highest BCUT2D eigenvalue weighted by Crippen LogP contribution is 2.34. The van der Waals surface area contributed by atoms with E-state index in [1.54, 1.807) is 30.5 Å². The maximum absolute atomic E-state index is 12.1. The van der Waals surface area contributed by atoms with Crippen molar-refractivity contribution in [2.24, 2.45) is 0 Å². The summed E-state index contributed by atoms with van der Waals surface area (Å²) in [5, 5.41) is 2.99. The molecule has 0 saturated carbocycles. The number of benzene rings is 2. The second-order valence-corrected chi connectivity index (χ2v) is 8.61. The van der Waals surface area contributed by atoms with Crippen LogP contribution in [0.5, 0.6) is 0 Å². The highest BCUT2D eigenvalue weighted by molar-refractivity contribution is 8.01. The van der Waals surface area contributed by atoms with Crippen molar-refractivity contribution in [3.05, 3.63) is 90.1 Å². The third kappa shape index (κ3) is 5.06. The minimum Gasteiger partial charge on any atom is -0.340 e. The van der Waals surface area contributed by atoms with E-state index < -0.39 is 30.0 Å². The molecule has 3 N–H and O–H groups in total. The molecule has 0 aliphatic carbocycles. The first-order valence-corrected chi connectivity index (χ1v) is 11.1. The first kappa shape index (κ1) is 20.7. The van der Waals surface area contributed by atoms with Gasteiger partial charge in [-0.1, -0.05) is 48.5 Å². The summed E-state index contributed by atoms with van der Waals surface area (Å²) in [6.07, 6.45) is 1.59. The molecule has 2 aromatic carbocycles. The molecular weight excluding hydrogens is 416 g/mol. The monoisotopic (exact) mass is 432 g/mol. The predicted molar refractivity (Wildman–Crippen MR) is 110 cm³/mol. The lowest BCUT2D eigenvalue weighted by atomic mass is 10.1. The zero-order chi connectivity index (χ0) is 21.1. The minimum atomic E-state index is -5.01. The molecule has 0 aliphatic heterocycles. The number of anilines is 2. The molecule has 3 aromatic rings. The summed E-state index contributed by atoms with van der Waals surface area (Å²) in [7, 11) is -10.0. The van der Waals surface area contributed by atoms with Crippen LogP contribution in [0.4, 0.5) is 11.5 Å². The summed E-state index contributed by atoms with van der Waals surface area (Å²) in [6, 6.07) is 18.0. The number of aromatic nitrogens is 1. The van der Waals surface area contributed by atoms with Crippen LogP contribution < -0.4 is 5.32 Å². The third-order valence-corrected chi connectivity index (χ3v) is 5.88. The number of nitrogens with one attached hydrogen (secondary N) is 1. The van der Waals surface area contributed by atoms with Crippen LogP contribution in [0.15, 0.2) is 79.0 Å². The van der Waals surface area contributed by atoms with Crippen LogP contribution in [0.1, 0.15) is 11.1 Å². The fourth-order valence-corrected chi connectivity index (χ4v) is 4.88. The molecule has 0 saturated heterocycles. The zero-order valence-corrected chi connectivity index (χ0v) is 16.4. The molecule has 0 fully saturated rings. The first-order valence-electron chi connectivity index (χ1n) is 8.19. The van der Waals surface area contributed by atoms with Crippen molar-refractivity contribution in [2.75, 3.05) is 5.32 Å². The minimum absolute atomic E-state index is 0.0849. The lowest BCUT2D eigenvalue weighted by Gasteiger charge is -2.13. The van der Waals surface area contributed by atoms with Crippen LogP contribution in [-0.2, 0) is 20.2 Å². The second-order valence-electron chi connectivity index (χ2n) is 5.89. The standard InChI is InChI=1S/C19H16N2O6S2/c22-28(23,24)18(14-6-2-1-3-7-14)19(29(25,26)27)15-9-11-16(12-10-15)21-17-8-4-5-13-20-17/h1-13H,(H,20,21)(H,22,23,24)(H,25,26,27)/b19-18+. The molecule has 0 bridgehead atoms. The number of nitrogens with zero attached hydrogens (tertiary/aromatic N) is 1. The summed E-state index contributed by atoms with van der Waals surface area (Å²) >= 11 is 0. The number of hydrogen-bond donors (Lipinski definition) is 3. The van der Waals surface area contributed by atoms with Gasteiger partial charge in [-0.05, 0) is 35.4 Å². The van der Waals surface area contributed by atoms with E-state index in [1.807, 2.05) is 0 Å². The second kappa shape index (κ2) is 8.13. The Morgan fingerprint density at radius 1 is 0.690 bits per heavy atom. The zero-order valence-electron chi connectivity index (χ0n) is 14.8. The lowest BCUT2D eigenvalue weighted by molar-refractivity contribution is 0.491. The van der Waals surface area contributed by atoms with Crippen LogP contribution in [0.25, 0.3) is 9.81 Å². The van der Waals surface area contributed by atoms with E-state index in [0.29, 0.717) is 11.5 Å². The van der Waals surface area contributed by atoms with Gasteiger partial charge in [0.15, 0.2) is 0 Å². The fraction of sp³-hybridized carbons (Fsp3) is 0. The van der Waals surface area contributed by atoms with Crippen molar-refractivity contribution in [3.63, 3.8) is 0 Å². The Morgan fingerprint density at radius 3 is 1.69 bits per heavy atom. The molecule has 0 amide bonds. The Bertz CT molecular complexity index is 1240. The third-order valence-electron chi connectivity index (χ3n) is 3.84. The summed E-state index contributed by atoms with van der Waals surface area (Å²) in [6.45, 7) is 0. The maximum atomic E-state index is 12.1. The molecule has 3 rings (SSSR count). The van der Waals surface area contributed by atoms with E-state index in [-0.39, 0.29) is 11.1 Å². The van der Waals surface area contributed by atoms with E-state index in [4.69, 9.17) is 0 Å². The Balaban J connectivity index is 2.15. The summed E-state index contributed by atoms with van der Waals surface area (Å²) in [5.41, 5.74) is 0.351. The van der Waals surface area contributed by atoms with Crippen molar-refractivity contribution < 1.29 is 25.9 Å². The lowest BCUT2D eigenvalue weighted by Crippen LogP contribution is -2.11. The predicted octanol–water partition coefficient (Wildman–Crippen LogP) is 3.43. The molecule has 0 atom stereocenters. The van der Waals surface area contributed by atoms with Crippen molar-refractivity contribution in [2.45, 2.75) is 0 Å². The molecule has 29 heavy (non-hydrogen) atoms. The van der Waals surface area contributed by atoms with E-state index >= 15 is 0 Å². The molecular formula is C19H16N2O6S2. The fourth-order valence-electron chi connectivity index (χ4n) is 2.67. The van der Waals surface area contributed by atoms with Crippen LogP contribution in [0.2, 0.25) is 0 Å². The summed E-state index contributed by atoms with van der Waals surface area (Å²) < 4.78 is 67.6.